The van der Waals surface area contributed by atoms with Gasteiger partial charge in [-0.25, -0.2) is 29.1 Å². The maximum atomic E-state index is 13.6. The zero-order valence-electron chi connectivity index (χ0n) is 49.5. The van der Waals surface area contributed by atoms with Gasteiger partial charge in [0.2, 0.25) is 0 Å². The van der Waals surface area contributed by atoms with E-state index >= 15 is 0 Å². The fraction of sp³-hybridized carbons (Fsp3) is 0.222. The maximum absolute atomic E-state index is 13.6. The molecule has 5 heterocycles. The first-order valence-corrected chi connectivity index (χ1v) is 28.9. The molecule has 0 aliphatic carbocycles. The minimum Gasteiger partial charge on any atom is -0.423 e. The van der Waals surface area contributed by atoms with Gasteiger partial charge in [-0.2, -0.15) is 0 Å². The van der Waals surface area contributed by atoms with Crippen LogP contribution in [-0.4, -0.2) is 43.8 Å². The standard InChI is InChI=1S/C72H70N4O8.Zn/c1-9-45(5)29-41-65(77)81-61-25-17-13-21-49(61)69-53-33-35-55(73-53)70(50-22-14-18-26-62(50)82-66(78)42-30-46(6)10-2)57-37-39-59(75-57)72(52-24-16-20-28-64(52)84-68(80)44-32-48(8)12-4)60-40-38-58(76-60)71(56-36-34-54(69)74-56)51-23-15-19-27-63(51)83-67(79)43-31-47(7)11-3;/h13-48,73,76H,9-12H2,1-8H3;. The summed E-state index contributed by atoms with van der Waals surface area (Å²) in [5.74, 6) is -0.258. The first kappa shape index (κ1) is 62.0. The summed E-state index contributed by atoms with van der Waals surface area (Å²) in [4.78, 5) is 73.0. The third-order valence-corrected chi connectivity index (χ3v) is 15.0. The van der Waals surface area contributed by atoms with Crippen molar-refractivity contribution in [2.45, 2.75) is 81.1 Å². The number of esters is 4. The average Bonchev–Trinajstić information content (AvgIpc) is 2.83. The Morgan fingerprint density at radius 3 is 0.788 bits per heavy atom. The molecule has 9 rings (SSSR count). The van der Waals surface area contributed by atoms with E-state index in [1.807, 2.05) is 173 Å². The molecule has 3 aromatic heterocycles. The predicted molar refractivity (Wildman–Crippen MR) is 338 cm³/mol. The third kappa shape index (κ3) is 15.0. The predicted octanol–water partition coefficient (Wildman–Crippen LogP) is 17.4. The summed E-state index contributed by atoms with van der Waals surface area (Å²) in [5.41, 5.74) is 9.15. The van der Waals surface area contributed by atoms with Gasteiger partial charge in [0.15, 0.2) is 0 Å². The number of nitrogens with one attached hydrogen (secondary N) is 2. The maximum Gasteiger partial charge on any atom is 0.335 e. The Bertz CT molecular complexity index is 3490. The number of H-pyrrole nitrogens is 2. The fourth-order valence-electron chi connectivity index (χ4n) is 9.47. The van der Waals surface area contributed by atoms with E-state index in [0.29, 0.717) is 112 Å². The molecule has 0 fully saturated rings. The van der Waals surface area contributed by atoms with Crippen molar-refractivity contribution in [3.8, 4) is 67.5 Å². The summed E-state index contributed by atoms with van der Waals surface area (Å²) < 4.78 is 24.7. The molecule has 0 saturated carbocycles. The summed E-state index contributed by atoms with van der Waals surface area (Å²) in [7, 11) is 0. The van der Waals surface area contributed by atoms with Gasteiger partial charge >= 0.3 is 23.9 Å². The Kier molecular flexibility index (Phi) is 21.1. The van der Waals surface area contributed by atoms with Crippen molar-refractivity contribution in [3.63, 3.8) is 0 Å². The molecule has 4 atom stereocenters. The molecule has 7 aromatic rings. The number of carbonyl (C=O) groups excluding carboxylic acids is 4. The number of fused-ring (bicyclic) bond motifs is 8. The van der Waals surface area contributed by atoms with Gasteiger partial charge in [0.25, 0.3) is 0 Å². The van der Waals surface area contributed by atoms with Crippen LogP contribution in [0.25, 0.3) is 90.9 Å². The van der Waals surface area contributed by atoms with Crippen LogP contribution in [0.2, 0.25) is 0 Å². The minimum absolute atomic E-state index is 0. The molecule has 85 heavy (non-hydrogen) atoms. The SMILES string of the molecule is CCC(C)C=CC(=O)Oc1ccccc1-c1c2nc(c(-c3ccccc3OC(=O)C=CC(C)CC)c3ccc([nH]3)c(-c3ccccc3OC(=O)C=CC(C)CC)c3nc(c(-c4ccccc4OC(=O)C=CC(C)CC)c4ccc1[nH]4)C=C3)C=C2.[Zn]. The molecule has 0 radical (unpaired) electrons. The molecule has 2 aliphatic rings. The topological polar surface area (TPSA) is 163 Å². The quantitative estimate of drug-likeness (QED) is 0.0325. The van der Waals surface area contributed by atoms with E-state index in [4.69, 9.17) is 28.9 Å². The van der Waals surface area contributed by atoms with Crippen molar-refractivity contribution >= 4 is 70.2 Å². The molecule has 428 valence electrons. The number of para-hydroxylation sites is 4. The van der Waals surface area contributed by atoms with Crippen LogP contribution in [0.1, 0.15) is 104 Å². The summed E-state index contributed by atoms with van der Waals surface area (Å²) in [6, 6.07) is 37.1. The number of nitrogens with zero attached hydrogens (tertiary/aromatic N) is 2. The van der Waals surface area contributed by atoms with Crippen LogP contribution in [0, 0.1) is 23.7 Å². The molecular formula is C72H70N4O8Zn. The molecule has 8 bridgehead atoms. The number of rotatable bonds is 20. The van der Waals surface area contributed by atoms with Crippen LogP contribution in [0.4, 0.5) is 0 Å². The Balaban J connectivity index is 0.00000940. The van der Waals surface area contributed by atoms with Crippen molar-refractivity contribution in [1.29, 1.82) is 0 Å². The largest absolute Gasteiger partial charge is 0.423 e. The minimum atomic E-state index is -0.530. The molecule has 0 amide bonds. The molecular weight excluding hydrogens is 1110 g/mol. The van der Waals surface area contributed by atoms with Crippen LogP contribution in [-0.2, 0) is 38.7 Å². The van der Waals surface area contributed by atoms with Gasteiger partial charge in [-0.15, -0.1) is 0 Å². The first-order valence-electron chi connectivity index (χ1n) is 28.9. The van der Waals surface area contributed by atoms with Crippen LogP contribution in [0.15, 0.2) is 170 Å². The molecule has 13 heteroatoms. The van der Waals surface area contributed by atoms with E-state index in [2.05, 4.69) is 37.7 Å². The van der Waals surface area contributed by atoms with Crippen molar-refractivity contribution in [3.05, 3.63) is 193 Å². The van der Waals surface area contributed by atoms with Crippen molar-refractivity contribution in [2.24, 2.45) is 23.7 Å². The molecule has 2 N–H and O–H groups in total. The number of hydrogen-bond donors (Lipinski definition) is 2. The van der Waals surface area contributed by atoms with Gasteiger partial charge in [-0.1, -0.05) is 178 Å². The van der Waals surface area contributed by atoms with Crippen LogP contribution in [0.3, 0.4) is 0 Å². The van der Waals surface area contributed by atoms with Gasteiger partial charge < -0.3 is 28.9 Å². The number of allylic oxidation sites excluding steroid dienone is 4. The molecule has 0 saturated heterocycles. The molecule has 4 aromatic carbocycles. The van der Waals surface area contributed by atoms with E-state index in [1.165, 1.54) is 24.3 Å². The van der Waals surface area contributed by atoms with E-state index in [0.717, 1.165) is 25.7 Å². The molecule has 12 nitrogen and oxygen atoms in total. The van der Waals surface area contributed by atoms with E-state index in [-0.39, 0.29) is 43.1 Å². The monoisotopic (exact) mass is 1180 g/mol. The summed E-state index contributed by atoms with van der Waals surface area (Å²) in [6.45, 7) is 16.4. The number of ether oxygens (including phenoxy) is 4. The Hall–Kier alpha value is -9.06. The Labute approximate surface area is 509 Å². The van der Waals surface area contributed by atoms with Gasteiger partial charge in [-0.05, 0) is 96.5 Å². The second-order valence-electron chi connectivity index (χ2n) is 21.2. The molecule has 4 unspecified atom stereocenters. The van der Waals surface area contributed by atoms with Gasteiger partial charge in [0, 0.05) is 110 Å². The number of carbonyl (C=O) groups is 4. The normalized spacial score (nSPS) is 13.5. The molecule has 2 aliphatic heterocycles. The number of aromatic nitrogens is 4. The Morgan fingerprint density at radius 2 is 0.576 bits per heavy atom. The summed E-state index contributed by atoms with van der Waals surface area (Å²) in [5, 5.41) is 0. The van der Waals surface area contributed by atoms with E-state index in [9.17, 15) is 19.2 Å². The van der Waals surface area contributed by atoms with E-state index in [1.54, 1.807) is 24.3 Å². The smallest absolute Gasteiger partial charge is 0.335 e. The van der Waals surface area contributed by atoms with Crippen molar-refractivity contribution < 1.29 is 57.6 Å². The average molecular weight is 1180 g/mol. The summed E-state index contributed by atoms with van der Waals surface area (Å²) >= 11 is 0. The van der Waals surface area contributed by atoms with Gasteiger partial charge in [0.1, 0.15) is 23.0 Å². The first-order chi connectivity index (χ1) is 40.7. The zero-order chi connectivity index (χ0) is 59.3. The van der Waals surface area contributed by atoms with Gasteiger partial charge in [-0.3, -0.25) is 0 Å². The van der Waals surface area contributed by atoms with Crippen LogP contribution >= 0.6 is 0 Å². The van der Waals surface area contributed by atoms with Crippen molar-refractivity contribution in [2.75, 3.05) is 0 Å². The van der Waals surface area contributed by atoms with Crippen molar-refractivity contribution in [1.82, 2.24) is 19.9 Å². The number of benzene rings is 4. The van der Waals surface area contributed by atoms with Gasteiger partial charge in [0.05, 0.1) is 22.8 Å². The van der Waals surface area contributed by atoms with Crippen LogP contribution in [0.5, 0.6) is 23.0 Å². The fourth-order valence-corrected chi connectivity index (χ4v) is 9.47. The second kappa shape index (κ2) is 29.0. The summed E-state index contributed by atoms with van der Waals surface area (Å²) in [6.07, 6.45) is 24.3. The second-order valence-corrected chi connectivity index (χ2v) is 21.2. The molecule has 0 spiro atoms. The van der Waals surface area contributed by atoms with E-state index < -0.39 is 23.9 Å². The third-order valence-electron chi connectivity index (χ3n) is 15.0. The zero-order valence-corrected chi connectivity index (χ0v) is 52.4. The van der Waals surface area contributed by atoms with Crippen LogP contribution < -0.4 is 18.9 Å². The Morgan fingerprint density at radius 1 is 0.365 bits per heavy atom. The number of aromatic amines is 2. The number of hydrogen-bond acceptors (Lipinski definition) is 10.